The van der Waals surface area contributed by atoms with Gasteiger partial charge in [0.25, 0.3) is 0 Å². The Kier molecular flexibility index (Phi) is 5.85. The van der Waals surface area contributed by atoms with Crippen LogP contribution in [0.2, 0.25) is 5.02 Å². The number of nitrogens with zero attached hydrogens (tertiary/aromatic N) is 2. The predicted molar refractivity (Wildman–Crippen MR) is 105 cm³/mol. The fourth-order valence-electron chi connectivity index (χ4n) is 2.69. The number of rotatable bonds is 6. The van der Waals surface area contributed by atoms with Gasteiger partial charge in [0.15, 0.2) is 4.77 Å². The second kappa shape index (κ2) is 8.29. The van der Waals surface area contributed by atoms with E-state index in [9.17, 15) is 4.79 Å². The monoisotopic (exact) mass is 386 g/mol. The average Bonchev–Trinajstić information content (AvgIpc) is 2.96. The van der Waals surface area contributed by atoms with Crippen LogP contribution in [0.15, 0.2) is 54.6 Å². The second-order valence-electron chi connectivity index (χ2n) is 6.03. The summed E-state index contributed by atoms with van der Waals surface area (Å²) in [7, 11) is 0. The minimum absolute atomic E-state index is 0.115. The number of hydrogen-bond acceptors (Lipinski definition) is 3. The first-order valence-corrected chi connectivity index (χ1v) is 9.04. The molecule has 5 nitrogen and oxygen atoms in total. The van der Waals surface area contributed by atoms with Gasteiger partial charge in [0.2, 0.25) is 5.91 Å². The first-order valence-electron chi connectivity index (χ1n) is 8.26. The standard InChI is InChI=1S/C19H19ClN4OS/c1-13(15-7-9-16(20)10-8-15)21-18(25)11-17-22-23-19(26)24(17)12-14-5-3-2-4-6-14/h2-10,13H,11-12H2,1H3,(H,21,25)(H,23,26)/t13-/m0/s1. The minimum atomic E-state index is -0.121. The molecule has 0 aliphatic rings. The molecular formula is C19H19ClN4OS. The number of H-pyrrole nitrogens is 1. The van der Waals surface area contributed by atoms with Crippen molar-refractivity contribution >= 4 is 29.7 Å². The third kappa shape index (κ3) is 4.59. The van der Waals surface area contributed by atoms with Crippen molar-refractivity contribution in [3.63, 3.8) is 0 Å². The van der Waals surface area contributed by atoms with E-state index in [0.29, 0.717) is 22.2 Å². The Balaban J connectivity index is 1.68. The number of aromatic amines is 1. The average molecular weight is 387 g/mol. The summed E-state index contributed by atoms with van der Waals surface area (Å²) in [6.07, 6.45) is 0.151. The Morgan fingerprint density at radius 2 is 1.92 bits per heavy atom. The maximum absolute atomic E-state index is 12.4. The van der Waals surface area contributed by atoms with Crippen LogP contribution in [0.3, 0.4) is 0 Å². The summed E-state index contributed by atoms with van der Waals surface area (Å²) in [6.45, 7) is 2.51. The second-order valence-corrected chi connectivity index (χ2v) is 6.86. The number of nitrogens with one attached hydrogen (secondary N) is 2. The van der Waals surface area contributed by atoms with Crippen LogP contribution in [0.5, 0.6) is 0 Å². The SMILES string of the molecule is C[C@H](NC(=O)Cc1n[nH]c(=S)n1Cc1ccccc1)c1ccc(Cl)cc1. The van der Waals surface area contributed by atoms with Gasteiger partial charge in [0.1, 0.15) is 5.82 Å². The molecule has 0 saturated carbocycles. The Morgan fingerprint density at radius 1 is 1.23 bits per heavy atom. The lowest BCUT2D eigenvalue weighted by Gasteiger charge is -2.14. The van der Waals surface area contributed by atoms with Crippen LogP contribution in [0.4, 0.5) is 0 Å². The lowest BCUT2D eigenvalue weighted by Crippen LogP contribution is -2.29. The summed E-state index contributed by atoms with van der Waals surface area (Å²) in [5.41, 5.74) is 2.09. The van der Waals surface area contributed by atoms with Gasteiger partial charge in [-0.15, -0.1) is 0 Å². The molecule has 0 bridgehead atoms. The molecule has 0 fully saturated rings. The van der Waals surface area contributed by atoms with Crippen molar-refractivity contribution in [2.45, 2.75) is 25.9 Å². The van der Waals surface area contributed by atoms with Crippen molar-refractivity contribution in [1.82, 2.24) is 20.1 Å². The van der Waals surface area contributed by atoms with Crippen molar-refractivity contribution in [3.8, 4) is 0 Å². The topological polar surface area (TPSA) is 62.7 Å². The molecule has 0 saturated heterocycles. The number of aromatic nitrogens is 3. The van der Waals surface area contributed by atoms with Gasteiger partial charge in [0.05, 0.1) is 19.0 Å². The molecule has 0 aliphatic heterocycles. The molecule has 1 aromatic heterocycles. The minimum Gasteiger partial charge on any atom is -0.349 e. The van der Waals surface area contributed by atoms with Gasteiger partial charge in [0, 0.05) is 5.02 Å². The lowest BCUT2D eigenvalue weighted by molar-refractivity contribution is -0.121. The van der Waals surface area contributed by atoms with Crippen LogP contribution in [0.1, 0.15) is 29.9 Å². The number of benzene rings is 2. The maximum Gasteiger partial charge on any atom is 0.228 e. The molecule has 1 amide bonds. The number of halogens is 1. The Hall–Kier alpha value is -2.44. The molecule has 2 N–H and O–H groups in total. The first-order chi connectivity index (χ1) is 12.5. The number of amides is 1. The fraction of sp³-hybridized carbons (Fsp3) is 0.211. The van der Waals surface area contributed by atoms with Crippen molar-refractivity contribution in [2.24, 2.45) is 0 Å². The van der Waals surface area contributed by atoms with Crippen LogP contribution >= 0.6 is 23.8 Å². The van der Waals surface area contributed by atoms with Gasteiger partial charge < -0.3 is 5.32 Å². The third-order valence-corrected chi connectivity index (χ3v) is 4.65. The van der Waals surface area contributed by atoms with Crippen molar-refractivity contribution in [1.29, 1.82) is 0 Å². The summed E-state index contributed by atoms with van der Waals surface area (Å²) < 4.78 is 2.35. The van der Waals surface area contributed by atoms with E-state index < -0.39 is 0 Å². The molecule has 0 radical (unpaired) electrons. The van der Waals surface area contributed by atoms with Crippen LogP contribution in [-0.2, 0) is 17.8 Å². The molecule has 2 aromatic carbocycles. The van der Waals surface area contributed by atoms with Gasteiger partial charge in [-0.05, 0) is 42.4 Å². The lowest BCUT2D eigenvalue weighted by atomic mass is 10.1. The highest BCUT2D eigenvalue weighted by atomic mass is 35.5. The molecule has 1 atom stereocenters. The van der Waals surface area contributed by atoms with Crippen molar-refractivity contribution < 1.29 is 4.79 Å². The highest BCUT2D eigenvalue weighted by molar-refractivity contribution is 7.71. The molecule has 0 spiro atoms. The van der Waals surface area contributed by atoms with E-state index in [1.165, 1.54) is 0 Å². The van der Waals surface area contributed by atoms with E-state index >= 15 is 0 Å². The summed E-state index contributed by atoms with van der Waals surface area (Å²) in [5.74, 6) is 0.496. The highest BCUT2D eigenvalue weighted by Gasteiger charge is 2.14. The van der Waals surface area contributed by atoms with Gasteiger partial charge in [-0.25, -0.2) is 0 Å². The number of carbonyl (C=O) groups is 1. The molecule has 3 rings (SSSR count). The van der Waals surface area contributed by atoms with E-state index in [-0.39, 0.29) is 18.4 Å². The first kappa shape index (κ1) is 18.4. The quantitative estimate of drug-likeness (QED) is 0.628. The smallest absolute Gasteiger partial charge is 0.228 e. The van der Waals surface area contributed by atoms with E-state index in [0.717, 1.165) is 11.1 Å². The zero-order valence-corrected chi connectivity index (χ0v) is 15.8. The summed E-state index contributed by atoms with van der Waals surface area (Å²) >= 11 is 11.2. The number of hydrogen-bond donors (Lipinski definition) is 2. The Bertz CT molecular complexity index is 934. The zero-order valence-electron chi connectivity index (χ0n) is 14.3. The summed E-state index contributed by atoms with van der Waals surface area (Å²) in [6, 6.07) is 17.2. The molecule has 1 heterocycles. The molecular weight excluding hydrogens is 368 g/mol. The van der Waals surface area contributed by atoms with Gasteiger partial charge in [-0.3, -0.25) is 14.5 Å². The Labute approximate surface area is 162 Å². The maximum atomic E-state index is 12.4. The molecule has 7 heteroatoms. The fourth-order valence-corrected chi connectivity index (χ4v) is 3.03. The van der Waals surface area contributed by atoms with Crippen LogP contribution < -0.4 is 5.32 Å². The van der Waals surface area contributed by atoms with E-state index in [4.69, 9.17) is 23.8 Å². The summed E-state index contributed by atoms with van der Waals surface area (Å²) in [4.78, 5) is 12.4. The van der Waals surface area contributed by atoms with E-state index in [2.05, 4.69) is 15.5 Å². The molecule has 0 unspecified atom stereocenters. The highest BCUT2D eigenvalue weighted by Crippen LogP contribution is 2.16. The molecule has 134 valence electrons. The van der Waals surface area contributed by atoms with E-state index in [1.54, 1.807) is 0 Å². The van der Waals surface area contributed by atoms with Gasteiger partial charge in [-0.2, -0.15) is 5.10 Å². The van der Waals surface area contributed by atoms with Gasteiger partial charge in [-0.1, -0.05) is 54.1 Å². The van der Waals surface area contributed by atoms with Crippen molar-refractivity contribution in [2.75, 3.05) is 0 Å². The number of carbonyl (C=O) groups excluding carboxylic acids is 1. The molecule has 26 heavy (non-hydrogen) atoms. The summed E-state index contributed by atoms with van der Waals surface area (Å²) in [5, 5.41) is 10.6. The van der Waals surface area contributed by atoms with Crippen LogP contribution in [-0.4, -0.2) is 20.7 Å². The normalized spacial score (nSPS) is 11.9. The van der Waals surface area contributed by atoms with Crippen LogP contribution in [0.25, 0.3) is 0 Å². The largest absolute Gasteiger partial charge is 0.349 e. The molecule has 0 aliphatic carbocycles. The molecule has 3 aromatic rings. The van der Waals surface area contributed by atoms with E-state index in [1.807, 2.05) is 66.1 Å². The third-order valence-electron chi connectivity index (χ3n) is 4.09. The van der Waals surface area contributed by atoms with Gasteiger partial charge >= 0.3 is 0 Å². The zero-order chi connectivity index (χ0) is 18.5. The van der Waals surface area contributed by atoms with Crippen molar-refractivity contribution in [3.05, 3.63) is 81.3 Å². The Morgan fingerprint density at radius 3 is 2.62 bits per heavy atom. The predicted octanol–water partition coefficient (Wildman–Crippen LogP) is 4.06. The van der Waals surface area contributed by atoms with Crippen LogP contribution in [0, 0.1) is 4.77 Å².